The van der Waals surface area contributed by atoms with Crippen LogP contribution in [0.2, 0.25) is 0 Å². The maximum atomic E-state index is 12.8. The molecule has 3 heterocycles. The zero-order valence-corrected chi connectivity index (χ0v) is 31.4. The number of imidazole rings is 1. The third-order valence-electron chi connectivity index (χ3n) is 10.3. The van der Waals surface area contributed by atoms with E-state index in [9.17, 15) is 35.1 Å². The summed E-state index contributed by atoms with van der Waals surface area (Å²) >= 11 is 0. The van der Waals surface area contributed by atoms with E-state index >= 15 is 0 Å². The minimum absolute atomic E-state index is 0. The van der Waals surface area contributed by atoms with Gasteiger partial charge >= 0.3 is 6.03 Å². The molecule has 1 aliphatic carbocycles. The Morgan fingerprint density at radius 3 is 2.25 bits per heavy atom. The molecule has 1 saturated carbocycles. The van der Waals surface area contributed by atoms with Crippen LogP contribution in [0.5, 0.6) is 17.2 Å². The second kappa shape index (κ2) is 17.3. The minimum Gasteiger partial charge on any atom is -0.508 e. The zero-order chi connectivity index (χ0) is 38.6. The Labute approximate surface area is 329 Å². The smallest absolute Gasteiger partial charge is 0.315 e. The van der Waals surface area contributed by atoms with Crippen molar-refractivity contribution in [1.82, 2.24) is 35.5 Å². The van der Waals surface area contributed by atoms with E-state index in [0.717, 1.165) is 16.7 Å². The molecule has 7 rings (SSSR count). The van der Waals surface area contributed by atoms with E-state index in [1.165, 1.54) is 0 Å². The number of amides is 3. The normalized spacial score (nSPS) is 20.5. The lowest BCUT2D eigenvalue weighted by Crippen LogP contribution is -2.43. The predicted molar refractivity (Wildman–Crippen MR) is 211 cm³/mol. The molecule has 0 spiro atoms. The lowest BCUT2D eigenvalue weighted by Gasteiger charge is -2.22. The summed E-state index contributed by atoms with van der Waals surface area (Å²) in [6.45, 7) is 3.26. The number of anilines is 2. The third kappa shape index (κ3) is 8.83. The lowest BCUT2D eigenvalue weighted by molar-refractivity contribution is -0.122. The van der Waals surface area contributed by atoms with Gasteiger partial charge < -0.3 is 56.3 Å². The molecule has 2 fully saturated rings. The molecule has 3 aromatic carbocycles. The Morgan fingerprint density at radius 1 is 0.893 bits per heavy atom. The van der Waals surface area contributed by atoms with Gasteiger partial charge in [-0.25, -0.2) is 9.78 Å². The highest BCUT2D eigenvalue weighted by molar-refractivity contribution is 5.85. The first-order valence-corrected chi connectivity index (χ1v) is 18.3. The number of nitrogens with zero attached hydrogens (tertiary/aromatic N) is 5. The maximum absolute atomic E-state index is 12.8. The Bertz CT molecular complexity index is 2090. The number of aromatic nitrogens is 4. The van der Waals surface area contributed by atoms with Crippen LogP contribution in [-0.2, 0) is 11.3 Å². The molecule has 56 heavy (non-hydrogen) atoms. The molecule has 1 unspecified atom stereocenters. The Kier molecular flexibility index (Phi) is 12.3. The maximum Gasteiger partial charge on any atom is 0.315 e. The largest absolute Gasteiger partial charge is 0.508 e. The molecule has 3 amide bonds. The number of aliphatic hydroxyl groups excluding tert-OH is 2. The van der Waals surface area contributed by atoms with Gasteiger partial charge in [-0.15, -0.1) is 12.4 Å². The van der Waals surface area contributed by atoms with Crippen molar-refractivity contribution < 1.29 is 35.1 Å². The van der Waals surface area contributed by atoms with E-state index in [0.29, 0.717) is 49.0 Å². The first kappa shape index (κ1) is 39.8. The summed E-state index contributed by atoms with van der Waals surface area (Å²) in [6, 6.07) is 18.6. The van der Waals surface area contributed by atoms with Crippen molar-refractivity contribution >= 4 is 47.3 Å². The van der Waals surface area contributed by atoms with Gasteiger partial charge in [-0.05, 0) is 65.9 Å². The van der Waals surface area contributed by atoms with E-state index in [2.05, 4.69) is 26.3 Å². The van der Waals surface area contributed by atoms with Crippen molar-refractivity contribution in [3.05, 3.63) is 95.8 Å². The van der Waals surface area contributed by atoms with Gasteiger partial charge in [0.15, 0.2) is 17.0 Å². The van der Waals surface area contributed by atoms with E-state index in [-0.39, 0.29) is 72.9 Å². The molecule has 5 aromatic rings. The SMILES string of the molecule is CCC(=O)N[C@H]1C[C@@H](n2cnc3c(NCC(c4ccc(O)cc4)c4ccc(O)cc4)nc(N4CCC(NC(=O)NCc5cccc(O)c5)C4)nc32)[C@H](O)[C@@H]1O.Cl. The number of rotatable bonds is 12. The quantitative estimate of drug-likeness (QED) is 0.0888. The fraction of sp³-hybridized carbons (Fsp3) is 0.359. The number of aliphatic hydroxyl groups is 2. The van der Waals surface area contributed by atoms with Gasteiger partial charge in [-0.3, -0.25) is 4.79 Å². The number of halogens is 1. The number of phenolic OH excluding ortho intramolecular Hbond substituents is 3. The lowest BCUT2D eigenvalue weighted by atomic mass is 9.91. The van der Waals surface area contributed by atoms with Gasteiger partial charge in [0.25, 0.3) is 0 Å². The van der Waals surface area contributed by atoms with Gasteiger partial charge in [-0.2, -0.15) is 9.97 Å². The van der Waals surface area contributed by atoms with Crippen LogP contribution in [0.25, 0.3) is 11.2 Å². The average molecular weight is 788 g/mol. The van der Waals surface area contributed by atoms with Crippen molar-refractivity contribution in [3.8, 4) is 17.2 Å². The predicted octanol–water partition coefficient (Wildman–Crippen LogP) is 3.25. The second-order valence-electron chi connectivity index (χ2n) is 14.1. The first-order valence-electron chi connectivity index (χ1n) is 18.3. The number of nitrogens with one attached hydrogen (secondary N) is 4. The van der Waals surface area contributed by atoms with E-state index in [1.54, 1.807) is 60.3 Å². The highest BCUT2D eigenvalue weighted by atomic mass is 35.5. The Morgan fingerprint density at radius 2 is 1.59 bits per heavy atom. The van der Waals surface area contributed by atoms with Crippen molar-refractivity contribution in [3.63, 3.8) is 0 Å². The number of hydrogen-bond donors (Lipinski definition) is 9. The zero-order valence-electron chi connectivity index (χ0n) is 30.6. The molecule has 0 bridgehead atoms. The molecule has 2 aromatic heterocycles. The number of carbonyl (C=O) groups is 2. The van der Waals surface area contributed by atoms with Crippen LogP contribution < -0.4 is 26.2 Å². The van der Waals surface area contributed by atoms with Gasteiger partial charge in [0.05, 0.1) is 18.4 Å². The third-order valence-corrected chi connectivity index (χ3v) is 10.3. The molecular weight excluding hydrogens is 742 g/mol. The molecule has 1 aliphatic heterocycles. The highest BCUT2D eigenvalue weighted by Crippen LogP contribution is 2.36. The summed E-state index contributed by atoms with van der Waals surface area (Å²) in [7, 11) is 0. The summed E-state index contributed by atoms with van der Waals surface area (Å²) in [5.74, 6) is 0.724. The fourth-order valence-corrected chi connectivity index (χ4v) is 7.33. The standard InChI is InChI=1S/C39H45N9O7.ClH/c1-2-32(52)44-30-17-31(35(54)34(30)53)48-21-42-33-36(40-19-29(23-6-10-26(49)11-7-23)24-8-12-27(50)13-9-24)45-38(46-37(33)48)47-15-14-25(20-47)43-39(55)41-18-22-4-3-5-28(51)16-22;/h3-13,16,21,25,29-31,34-35,49-51,53-54H,2,14-15,17-20H2,1H3,(H,44,52)(H,40,45,46)(H2,41,43,55);1H/t25?,30-,31+,34+,35-;/m0./s1. The van der Waals surface area contributed by atoms with Crippen molar-refractivity contribution in [2.45, 2.75) is 69.0 Å². The van der Waals surface area contributed by atoms with Crippen LogP contribution in [0, 0.1) is 0 Å². The van der Waals surface area contributed by atoms with E-state index < -0.39 is 24.3 Å². The van der Waals surface area contributed by atoms with Gasteiger partial charge in [0.2, 0.25) is 11.9 Å². The summed E-state index contributed by atoms with van der Waals surface area (Å²) in [5.41, 5.74) is 3.43. The summed E-state index contributed by atoms with van der Waals surface area (Å²) in [6.07, 6.45) is 0.266. The van der Waals surface area contributed by atoms with E-state index in [1.807, 2.05) is 35.2 Å². The van der Waals surface area contributed by atoms with Crippen LogP contribution in [-0.4, -0.2) is 101 Å². The summed E-state index contributed by atoms with van der Waals surface area (Å²) in [4.78, 5) is 41.5. The average Bonchev–Trinajstić information content (AvgIpc) is 3.90. The minimum atomic E-state index is -1.21. The van der Waals surface area contributed by atoms with Crippen LogP contribution in [0.4, 0.5) is 16.6 Å². The monoisotopic (exact) mass is 787 g/mol. The molecular formula is C39H46ClN9O7. The number of phenols is 3. The molecule has 2 aliphatic rings. The van der Waals surface area contributed by atoms with E-state index in [4.69, 9.17) is 9.97 Å². The first-order chi connectivity index (χ1) is 26.6. The van der Waals surface area contributed by atoms with Crippen LogP contribution >= 0.6 is 12.4 Å². The van der Waals surface area contributed by atoms with Gasteiger partial charge in [-0.1, -0.05) is 43.3 Å². The molecule has 5 atom stereocenters. The highest BCUT2D eigenvalue weighted by Gasteiger charge is 2.44. The topological polar surface area (TPSA) is 230 Å². The Hall–Kier alpha value is -5.84. The molecule has 296 valence electrons. The second-order valence-corrected chi connectivity index (χ2v) is 14.1. The number of benzene rings is 3. The number of fused-ring (bicyclic) bond motifs is 1. The van der Waals surface area contributed by atoms with Gasteiger partial charge in [0, 0.05) is 44.6 Å². The van der Waals surface area contributed by atoms with Crippen LogP contribution in [0.1, 0.15) is 54.8 Å². The fourth-order valence-electron chi connectivity index (χ4n) is 7.33. The van der Waals surface area contributed by atoms with Crippen LogP contribution in [0.15, 0.2) is 79.1 Å². The van der Waals surface area contributed by atoms with Crippen molar-refractivity contribution in [2.24, 2.45) is 0 Å². The summed E-state index contributed by atoms with van der Waals surface area (Å²) in [5, 5.41) is 64.0. The molecule has 0 radical (unpaired) electrons. The summed E-state index contributed by atoms with van der Waals surface area (Å²) < 4.78 is 1.72. The number of carbonyl (C=O) groups excluding carboxylic acids is 2. The molecule has 16 nitrogen and oxygen atoms in total. The number of urea groups is 1. The van der Waals surface area contributed by atoms with Gasteiger partial charge in [0.1, 0.15) is 29.5 Å². The van der Waals surface area contributed by atoms with Crippen molar-refractivity contribution in [1.29, 1.82) is 0 Å². The molecule has 17 heteroatoms. The number of aromatic hydroxyl groups is 3. The molecule has 9 N–H and O–H groups in total. The molecule has 1 saturated heterocycles. The van der Waals surface area contributed by atoms with Crippen molar-refractivity contribution in [2.75, 3.05) is 29.9 Å². The van der Waals surface area contributed by atoms with Crippen LogP contribution in [0.3, 0.4) is 0 Å². The Balaban J connectivity index is 0.00000532. The number of hydrogen-bond acceptors (Lipinski definition) is 12.